The number of ketones is 1. The Morgan fingerprint density at radius 1 is 0.815 bits per heavy atom. The predicted molar refractivity (Wildman–Crippen MR) is 115 cm³/mol. The van der Waals surface area contributed by atoms with Crippen LogP contribution in [-0.2, 0) is 4.74 Å². The Hall–Kier alpha value is -2.70. The zero-order valence-electron chi connectivity index (χ0n) is 15.5. The van der Waals surface area contributed by atoms with E-state index < -0.39 is 7.92 Å². The molecule has 0 fully saturated rings. The first-order chi connectivity index (χ1) is 13.1. The number of carbonyl (C=O) groups is 1. The lowest BCUT2D eigenvalue weighted by molar-refractivity contribution is 0.101. The van der Waals surface area contributed by atoms with Crippen molar-refractivity contribution >= 4 is 30.1 Å². The number of hydrogen-bond acceptors (Lipinski definition) is 2. The first-order valence-corrected chi connectivity index (χ1v) is 10.5. The Bertz CT molecular complexity index is 847. The van der Waals surface area contributed by atoms with Gasteiger partial charge in [0.05, 0.1) is 6.61 Å². The van der Waals surface area contributed by atoms with Crippen molar-refractivity contribution in [2.24, 2.45) is 0 Å². The second kappa shape index (κ2) is 9.30. The van der Waals surface area contributed by atoms with Crippen molar-refractivity contribution in [2.45, 2.75) is 6.92 Å². The standard InChI is InChI=1S/C24H23O2P/c1-19(25)21-13-15-22(16-14-21)20(2)26-17-18-27(23-9-5-3-6-10-23)24-11-7-4-8-12-24/h3-16H,2,17-18H2,1H3. The summed E-state index contributed by atoms with van der Waals surface area (Å²) in [5.41, 5.74) is 1.60. The van der Waals surface area contributed by atoms with E-state index in [2.05, 4.69) is 55.1 Å². The van der Waals surface area contributed by atoms with Gasteiger partial charge in [-0.15, -0.1) is 0 Å². The molecule has 136 valence electrons. The van der Waals surface area contributed by atoms with E-state index in [1.807, 2.05) is 36.4 Å². The highest BCUT2D eigenvalue weighted by atomic mass is 31.1. The molecule has 0 aliphatic heterocycles. The van der Waals surface area contributed by atoms with Crippen LogP contribution in [0.15, 0.2) is 91.5 Å². The molecule has 0 aliphatic rings. The van der Waals surface area contributed by atoms with E-state index in [0.717, 1.165) is 11.7 Å². The molecule has 27 heavy (non-hydrogen) atoms. The molecule has 0 aliphatic carbocycles. The summed E-state index contributed by atoms with van der Waals surface area (Å²) in [5, 5.41) is 2.69. The molecule has 0 aromatic heterocycles. The maximum Gasteiger partial charge on any atom is 0.159 e. The summed E-state index contributed by atoms with van der Waals surface area (Å²) in [6, 6.07) is 28.6. The molecule has 3 aromatic carbocycles. The number of rotatable bonds is 8. The number of carbonyl (C=O) groups excluding carboxylic acids is 1. The van der Waals surface area contributed by atoms with Crippen LogP contribution in [-0.4, -0.2) is 18.6 Å². The molecule has 0 N–H and O–H groups in total. The molecule has 3 aromatic rings. The second-order valence-corrected chi connectivity index (χ2v) is 8.56. The third-order valence-corrected chi connectivity index (χ3v) is 6.81. The van der Waals surface area contributed by atoms with Gasteiger partial charge in [0.2, 0.25) is 0 Å². The van der Waals surface area contributed by atoms with Crippen LogP contribution in [0.2, 0.25) is 0 Å². The minimum atomic E-state index is -0.475. The lowest BCUT2D eigenvalue weighted by Gasteiger charge is -2.19. The van der Waals surface area contributed by atoms with Gasteiger partial charge in [0.15, 0.2) is 5.78 Å². The SMILES string of the molecule is C=C(OCCP(c1ccccc1)c1ccccc1)c1ccc(C(C)=O)cc1. The van der Waals surface area contributed by atoms with E-state index in [-0.39, 0.29) is 5.78 Å². The van der Waals surface area contributed by atoms with Crippen molar-refractivity contribution in [3.05, 3.63) is 103 Å². The van der Waals surface area contributed by atoms with Gasteiger partial charge in [0, 0.05) is 17.3 Å². The maximum absolute atomic E-state index is 11.4. The van der Waals surface area contributed by atoms with E-state index in [4.69, 9.17) is 4.74 Å². The number of benzene rings is 3. The zero-order valence-corrected chi connectivity index (χ0v) is 16.4. The van der Waals surface area contributed by atoms with Gasteiger partial charge in [-0.1, -0.05) is 91.5 Å². The molecular formula is C24H23O2P. The fourth-order valence-corrected chi connectivity index (χ4v) is 5.01. The van der Waals surface area contributed by atoms with Crippen molar-refractivity contribution in [2.75, 3.05) is 12.8 Å². The highest BCUT2D eigenvalue weighted by Crippen LogP contribution is 2.33. The minimum Gasteiger partial charge on any atom is -0.493 e. The first-order valence-electron chi connectivity index (χ1n) is 8.96. The summed E-state index contributed by atoms with van der Waals surface area (Å²) in [6.07, 6.45) is 0.925. The van der Waals surface area contributed by atoms with E-state index in [9.17, 15) is 4.79 Å². The van der Waals surface area contributed by atoms with Crippen molar-refractivity contribution in [3.63, 3.8) is 0 Å². The van der Waals surface area contributed by atoms with Gasteiger partial charge < -0.3 is 4.74 Å². The lowest BCUT2D eigenvalue weighted by atomic mass is 10.1. The molecule has 3 heteroatoms. The highest BCUT2D eigenvalue weighted by molar-refractivity contribution is 7.73. The van der Waals surface area contributed by atoms with Gasteiger partial charge in [-0.25, -0.2) is 0 Å². The molecule has 0 saturated carbocycles. The van der Waals surface area contributed by atoms with Crippen LogP contribution in [0.25, 0.3) is 5.76 Å². The molecule has 0 saturated heterocycles. The van der Waals surface area contributed by atoms with Crippen molar-refractivity contribution in [1.29, 1.82) is 0 Å². The van der Waals surface area contributed by atoms with Crippen LogP contribution < -0.4 is 10.6 Å². The molecule has 0 amide bonds. The Labute approximate surface area is 162 Å². The quantitative estimate of drug-likeness (QED) is 0.315. The monoisotopic (exact) mass is 374 g/mol. The lowest BCUT2D eigenvalue weighted by Crippen LogP contribution is -2.16. The molecule has 0 radical (unpaired) electrons. The summed E-state index contributed by atoms with van der Waals surface area (Å²) in [4.78, 5) is 11.4. The third-order valence-electron chi connectivity index (χ3n) is 4.34. The molecule has 0 bridgehead atoms. The molecule has 0 spiro atoms. The van der Waals surface area contributed by atoms with Gasteiger partial charge >= 0.3 is 0 Å². The average Bonchev–Trinajstić information content (AvgIpc) is 2.72. The highest BCUT2D eigenvalue weighted by Gasteiger charge is 2.13. The molecule has 0 unspecified atom stereocenters. The Kier molecular flexibility index (Phi) is 6.57. The Balaban J connectivity index is 1.65. The van der Waals surface area contributed by atoms with Crippen LogP contribution in [0.5, 0.6) is 0 Å². The molecule has 0 heterocycles. The van der Waals surface area contributed by atoms with Gasteiger partial charge in [-0.2, -0.15) is 0 Å². The number of hydrogen-bond donors (Lipinski definition) is 0. The summed E-state index contributed by atoms with van der Waals surface area (Å²) in [7, 11) is -0.475. The van der Waals surface area contributed by atoms with Crippen molar-refractivity contribution in [1.82, 2.24) is 0 Å². The summed E-state index contributed by atoms with van der Waals surface area (Å²) >= 11 is 0. The van der Waals surface area contributed by atoms with Crippen LogP contribution in [0.1, 0.15) is 22.8 Å². The van der Waals surface area contributed by atoms with Gasteiger partial charge in [0.25, 0.3) is 0 Å². The zero-order chi connectivity index (χ0) is 19.1. The third kappa shape index (κ3) is 5.15. The van der Waals surface area contributed by atoms with Crippen molar-refractivity contribution in [3.8, 4) is 0 Å². The molecular weight excluding hydrogens is 351 g/mol. The fourth-order valence-electron chi connectivity index (χ4n) is 2.86. The number of ether oxygens (including phenoxy) is 1. The van der Waals surface area contributed by atoms with E-state index in [1.165, 1.54) is 10.6 Å². The van der Waals surface area contributed by atoms with E-state index in [0.29, 0.717) is 17.9 Å². The number of Topliss-reactive ketones (excluding diaryl/α,β-unsaturated/α-hetero) is 1. The summed E-state index contributed by atoms with van der Waals surface area (Å²) < 4.78 is 5.94. The maximum atomic E-state index is 11.4. The normalized spacial score (nSPS) is 10.6. The van der Waals surface area contributed by atoms with Crippen LogP contribution >= 0.6 is 7.92 Å². The summed E-state index contributed by atoms with van der Waals surface area (Å²) in [6.45, 7) is 6.21. The fraction of sp³-hybridized carbons (Fsp3) is 0.125. The van der Waals surface area contributed by atoms with Crippen LogP contribution in [0, 0.1) is 0 Å². The first kappa shape index (κ1) is 19.1. The summed E-state index contributed by atoms with van der Waals surface area (Å²) in [5.74, 6) is 0.700. The Morgan fingerprint density at radius 2 is 1.30 bits per heavy atom. The predicted octanol–water partition coefficient (Wildman–Crippen LogP) is 5.01. The average molecular weight is 374 g/mol. The van der Waals surface area contributed by atoms with Gasteiger partial charge in [-0.05, 0) is 25.5 Å². The van der Waals surface area contributed by atoms with Crippen LogP contribution in [0.4, 0.5) is 0 Å². The van der Waals surface area contributed by atoms with E-state index in [1.54, 1.807) is 6.92 Å². The Morgan fingerprint density at radius 3 is 1.78 bits per heavy atom. The molecule has 3 rings (SSSR count). The second-order valence-electron chi connectivity index (χ2n) is 6.23. The smallest absolute Gasteiger partial charge is 0.159 e. The van der Waals surface area contributed by atoms with Crippen LogP contribution in [0.3, 0.4) is 0 Å². The van der Waals surface area contributed by atoms with Gasteiger partial charge in [-0.3, -0.25) is 4.79 Å². The van der Waals surface area contributed by atoms with Crippen molar-refractivity contribution < 1.29 is 9.53 Å². The van der Waals surface area contributed by atoms with E-state index >= 15 is 0 Å². The van der Waals surface area contributed by atoms with Gasteiger partial charge in [0.1, 0.15) is 5.76 Å². The molecule has 0 atom stereocenters. The largest absolute Gasteiger partial charge is 0.493 e. The minimum absolute atomic E-state index is 0.0597. The molecule has 2 nitrogen and oxygen atoms in total. The topological polar surface area (TPSA) is 26.3 Å².